The molecule has 1 aliphatic rings. The summed E-state index contributed by atoms with van der Waals surface area (Å²) in [6, 6.07) is 5.17. The maximum atomic E-state index is 13.2. The predicted molar refractivity (Wildman–Crippen MR) is 97.7 cm³/mol. The van der Waals surface area contributed by atoms with Crippen molar-refractivity contribution in [1.82, 2.24) is 14.9 Å². The van der Waals surface area contributed by atoms with Gasteiger partial charge in [-0.3, -0.25) is 14.8 Å². The van der Waals surface area contributed by atoms with Crippen molar-refractivity contribution in [1.29, 1.82) is 0 Å². The van der Waals surface area contributed by atoms with E-state index in [0.717, 1.165) is 20.7 Å². The first-order valence-corrected chi connectivity index (χ1v) is 8.96. The summed E-state index contributed by atoms with van der Waals surface area (Å²) in [5.41, 5.74) is 0.304. The van der Waals surface area contributed by atoms with Gasteiger partial charge in [0.25, 0.3) is 5.91 Å². The lowest BCUT2D eigenvalue weighted by molar-refractivity contribution is -0.0669. The molecule has 1 aliphatic heterocycles. The van der Waals surface area contributed by atoms with Gasteiger partial charge in [-0.15, -0.1) is 11.3 Å². The molecule has 1 amide bonds. The summed E-state index contributed by atoms with van der Waals surface area (Å²) >= 11 is 1.50. The fraction of sp³-hybridized carbons (Fsp3) is 0.278. The van der Waals surface area contributed by atoms with Gasteiger partial charge >= 0.3 is 0 Å². The molecule has 8 heteroatoms. The molecule has 4 heterocycles. The number of nitrogens with zero attached hydrogens (tertiary/aromatic N) is 3. The summed E-state index contributed by atoms with van der Waals surface area (Å²) in [5, 5.41) is 14.7. The molecule has 3 aromatic heterocycles. The number of likely N-dealkylation sites (tertiary alicyclic amines) is 1. The van der Waals surface area contributed by atoms with Crippen molar-refractivity contribution in [3.05, 3.63) is 53.9 Å². The standard InChI is InChI=1S/C18H17FN4O2S/c1-18(25)9-23(10-18)17(24)16-13-5-15(26-14(13)2-3-21-16)22-7-11-4-12(19)8-20-6-11/h2-6,8,22,25H,7,9-10H2,1H3. The molecule has 3 aromatic rings. The van der Waals surface area contributed by atoms with E-state index in [4.69, 9.17) is 0 Å². The summed E-state index contributed by atoms with van der Waals surface area (Å²) in [6.45, 7) is 2.76. The number of hydrogen-bond donors (Lipinski definition) is 2. The SMILES string of the molecule is CC1(O)CN(C(=O)c2nccc3sc(NCc4cncc(F)c4)cc23)C1. The maximum Gasteiger partial charge on any atom is 0.273 e. The zero-order valence-corrected chi connectivity index (χ0v) is 14.9. The zero-order valence-electron chi connectivity index (χ0n) is 14.1. The number of aromatic nitrogens is 2. The largest absolute Gasteiger partial charge is 0.386 e. The van der Waals surface area contributed by atoms with Gasteiger partial charge in [-0.25, -0.2) is 4.39 Å². The summed E-state index contributed by atoms with van der Waals surface area (Å²) < 4.78 is 14.2. The van der Waals surface area contributed by atoms with Gasteiger partial charge in [-0.2, -0.15) is 0 Å². The van der Waals surface area contributed by atoms with Gasteiger partial charge in [0.15, 0.2) is 0 Å². The van der Waals surface area contributed by atoms with Crippen LogP contribution >= 0.6 is 11.3 Å². The van der Waals surface area contributed by atoms with E-state index >= 15 is 0 Å². The number of rotatable bonds is 4. The molecule has 1 saturated heterocycles. The zero-order chi connectivity index (χ0) is 18.3. The average Bonchev–Trinajstić information content (AvgIpc) is 3.00. The Balaban J connectivity index is 1.55. The molecule has 0 spiro atoms. The molecular formula is C18H17FN4O2S. The molecule has 0 bridgehead atoms. The Hall–Kier alpha value is -2.58. The first-order valence-electron chi connectivity index (χ1n) is 8.15. The molecule has 4 rings (SSSR count). The van der Waals surface area contributed by atoms with E-state index in [2.05, 4.69) is 15.3 Å². The fourth-order valence-electron chi connectivity index (χ4n) is 3.03. The number of halogens is 1. The van der Waals surface area contributed by atoms with Crippen LogP contribution in [0.2, 0.25) is 0 Å². The molecule has 0 aromatic carbocycles. The quantitative estimate of drug-likeness (QED) is 0.736. The van der Waals surface area contributed by atoms with E-state index < -0.39 is 5.60 Å². The molecule has 134 valence electrons. The van der Waals surface area contributed by atoms with Crippen molar-refractivity contribution in [2.24, 2.45) is 0 Å². The van der Waals surface area contributed by atoms with Crippen LogP contribution in [0.5, 0.6) is 0 Å². The maximum absolute atomic E-state index is 13.2. The number of hydrogen-bond acceptors (Lipinski definition) is 6. The van der Waals surface area contributed by atoms with Gasteiger partial charge in [0.05, 0.1) is 29.9 Å². The predicted octanol–water partition coefficient (Wildman–Crippen LogP) is 2.65. The van der Waals surface area contributed by atoms with Crippen LogP contribution in [0.15, 0.2) is 36.8 Å². The smallest absolute Gasteiger partial charge is 0.273 e. The molecule has 2 N–H and O–H groups in total. The Morgan fingerprint density at radius 2 is 2.23 bits per heavy atom. The van der Waals surface area contributed by atoms with E-state index in [9.17, 15) is 14.3 Å². The van der Waals surface area contributed by atoms with Crippen molar-refractivity contribution < 1.29 is 14.3 Å². The number of amides is 1. The lowest BCUT2D eigenvalue weighted by Gasteiger charge is -2.43. The summed E-state index contributed by atoms with van der Waals surface area (Å²) in [5.74, 6) is -0.552. The summed E-state index contributed by atoms with van der Waals surface area (Å²) in [4.78, 5) is 22.3. The first kappa shape index (κ1) is 16.9. The number of carbonyl (C=O) groups excluding carboxylic acids is 1. The van der Waals surface area contributed by atoms with Gasteiger partial charge < -0.3 is 15.3 Å². The van der Waals surface area contributed by atoms with Crippen molar-refractivity contribution in [2.75, 3.05) is 18.4 Å². The van der Waals surface area contributed by atoms with Gasteiger partial charge in [-0.05, 0) is 30.7 Å². The van der Waals surface area contributed by atoms with Crippen LogP contribution in [0.4, 0.5) is 9.39 Å². The summed E-state index contributed by atoms with van der Waals surface area (Å²) in [7, 11) is 0. The van der Waals surface area contributed by atoms with E-state index in [1.807, 2.05) is 12.1 Å². The number of thiophene rings is 1. The Kier molecular flexibility index (Phi) is 4.08. The minimum atomic E-state index is -0.816. The van der Waals surface area contributed by atoms with Crippen LogP contribution in [0.1, 0.15) is 23.0 Å². The number of nitrogens with one attached hydrogen (secondary N) is 1. The van der Waals surface area contributed by atoms with E-state index in [0.29, 0.717) is 25.3 Å². The third kappa shape index (κ3) is 3.25. The van der Waals surface area contributed by atoms with Crippen LogP contribution in [0.25, 0.3) is 10.1 Å². The Labute approximate surface area is 153 Å². The van der Waals surface area contributed by atoms with Crippen LogP contribution < -0.4 is 5.32 Å². The highest BCUT2D eigenvalue weighted by molar-refractivity contribution is 7.22. The highest BCUT2D eigenvalue weighted by atomic mass is 32.1. The minimum absolute atomic E-state index is 0.180. The number of β-amino-alcohol motifs (C(OH)–C–C–N with tert-alkyl or cyclic N) is 1. The van der Waals surface area contributed by atoms with Crippen molar-refractivity contribution >= 4 is 32.3 Å². The van der Waals surface area contributed by atoms with E-state index in [-0.39, 0.29) is 11.7 Å². The van der Waals surface area contributed by atoms with Crippen LogP contribution in [-0.4, -0.2) is 44.6 Å². The number of anilines is 1. The molecule has 26 heavy (non-hydrogen) atoms. The molecule has 6 nitrogen and oxygen atoms in total. The number of fused-ring (bicyclic) bond motifs is 1. The van der Waals surface area contributed by atoms with Crippen LogP contribution in [0, 0.1) is 5.82 Å². The van der Waals surface area contributed by atoms with E-state index in [1.54, 1.807) is 24.2 Å². The van der Waals surface area contributed by atoms with Crippen molar-refractivity contribution in [3.63, 3.8) is 0 Å². The molecule has 0 atom stereocenters. The normalized spacial score (nSPS) is 15.7. The number of pyridine rings is 2. The van der Waals surface area contributed by atoms with E-state index in [1.165, 1.54) is 23.6 Å². The van der Waals surface area contributed by atoms with Crippen molar-refractivity contribution in [3.8, 4) is 0 Å². The summed E-state index contributed by atoms with van der Waals surface area (Å²) in [6.07, 6.45) is 4.39. The van der Waals surface area contributed by atoms with Crippen molar-refractivity contribution in [2.45, 2.75) is 19.1 Å². The van der Waals surface area contributed by atoms with Crippen LogP contribution in [-0.2, 0) is 6.54 Å². The number of carbonyl (C=O) groups is 1. The lowest BCUT2D eigenvalue weighted by atomic mass is 9.96. The minimum Gasteiger partial charge on any atom is -0.386 e. The van der Waals surface area contributed by atoms with Gasteiger partial charge in [0, 0.05) is 29.0 Å². The molecule has 0 aliphatic carbocycles. The molecular weight excluding hydrogens is 355 g/mol. The first-order chi connectivity index (χ1) is 12.4. The topological polar surface area (TPSA) is 78.3 Å². The van der Waals surface area contributed by atoms with Gasteiger partial charge in [0.1, 0.15) is 11.5 Å². The third-order valence-electron chi connectivity index (χ3n) is 4.23. The highest BCUT2D eigenvalue weighted by Gasteiger charge is 2.40. The van der Waals surface area contributed by atoms with Crippen LogP contribution in [0.3, 0.4) is 0 Å². The third-order valence-corrected chi connectivity index (χ3v) is 5.28. The van der Waals surface area contributed by atoms with Gasteiger partial charge in [0.2, 0.25) is 0 Å². The Morgan fingerprint density at radius 3 is 2.96 bits per heavy atom. The lowest BCUT2D eigenvalue weighted by Crippen LogP contribution is -2.61. The molecule has 0 saturated carbocycles. The second-order valence-electron chi connectivity index (χ2n) is 6.71. The second-order valence-corrected chi connectivity index (χ2v) is 7.79. The Bertz CT molecular complexity index is 980. The van der Waals surface area contributed by atoms with Gasteiger partial charge in [-0.1, -0.05) is 0 Å². The average molecular weight is 372 g/mol. The molecule has 0 radical (unpaired) electrons. The second kappa shape index (κ2) is 6.30. The number of aliphatic hydroxyl groups is 1. The molecule has 1 fully saturated rings. The Morgan fingerprint density at radius 1 is 1.42 bits per heavy atom. The monoisotopic (exact) mass is 372 g/mol. The highest BCUT2D eigenvalue weighted by Crippen LogP contribution is 2.33. The fourth-order valence-corrected chi connectivity index (χ4v) is 3.98. The molecule has 0 unspecified atom stereocenters.